The zero-order valence-corrected chi connectivity index (χ0v) is 20.6. The third-order valence-electron chi connectivity index (χ3n) is 7.31. The molecule has 0 spiro atoms. The van der Waals surface area contributed by atoms with Gasteiger partial charge in [0, 0.05) is 40.1 Å². The van der Waals surface area contributed by atoms with Crippen molar-refractivity contribution in [2.24, 2.45) is 5.92 Å². The maximum atomic E-state index is 13.6. The Hall–Kier alpha value is -3.19. The third-order valence-corrected chi connectivity index (χ3v) is 8.35. The Kier molecular flexibility index (Phi) is 6.60. The van der Waals surface area contributed by atoms with Crippen LogP contribution in [0.5, 0.6) is 0 Å². The minimum atomic E-state index is -0.722. The summed E-state index contributed by atoms with van der Waals surface area (Å²) in [6.45, 7) is 4.20. The number of carbonyl (C=O) groups is 3. The van der Waals surface area contributed by atoms with Gasteiger partial charge in [0.2, 0.25) is 0 Å². The van der Waals surface area contributed by atoms with Crippen LogP contribution in [0.2, 0.25) is 0 Å². The van der Waals surface area contributed by atoms with Crippen LogP contribution in [0, 0.1) is 5.92 Å². The molecule has 1 aliphatic heterocycles. The van der Waals surface area contributed by atoms with Gasteiger partial charge in [-0.25, -0.2) is 4.79 Å². The fourth-order valence-electron chi connectivity index (χ4n) is 5.60. The first-order valence-corrected chi connectivity index (χ1v) is 13.0. The summed E-state index contributed by atoms with van der Waals surface area (Å²) >= 11 is 1.66. The number of rotatable bonds is 5. The molecule has 6 nitrogen and oxygen atoms in total. The fourth-order valence-corrected chi connectivity index (χ4v) is 6.43. The molecule has 2 aliphatic carbocycles. The van der Waals surface area contributed by atoms with Crippen molar-refractivity contribution in [2.75, 3.05) is 7.11 Å². The van der Waals surface area contributed by atoms with Crippen LogP contribution in [-0.4, -0.2) is 30.9 Å². The Labute approximate surface area is 209 Å². The molecule has 35 heavy (non-hydrogen) atoms. The average Bonchev–Trinajstić information content (AvgIpc) is 3.57. The van der Waals surface area contributed by atoms with Gasteiger partial charge in [0.25, 0.3) is 0 Å². The van der Waals surface area contributed by atoms with Crippen molar-refractivity contribution in [3.63, 3.8) is 0 Å². The van der Waals surface area contributed by atoms with Crippen molar-refractivity contribution in [3.05, 3.63) is 81.3 Å². The van der Waals surface area contributed by atoms with Crippen molar-refractivity contribution in [1.82, 2.24) is 5.32 Å². The lowest BCUT2D eigenvalue weighted by Crippen LogP contribution is -2.42. The molecule has 1 aromatic heterocycles. The number of thiophene rings is 1. The van der Waals surface area contributed by atoms with Gasteiger partial charge in [-0.2, -0.15) is 0 Å². The lowest BCUT2D eigenvalue weighted by Gasteiger charge is -2.40. The van der Waals surface area contributed by atoms with Gasteiger partial charge in [-0.05, 0) is 61.2 Å². The molecule has 2 aromatic rings. The van der Waals surface area contributed by atoms with Crippen molar-refractivity contribution in [1.29, 1.82) is 0 Å². The lowest BCUT2D eigenvalue weighted by atomic mass is 9.69. The molecule has 182 valence electrons. The number of carbonyl (C=O) groups excluding carboxylic acids is 3. The highest BCUT2D eigenvalue weighted by atomic mass is 32.1. The normalized spacial score (nSPS) is 24.7. The van der Waals surface area contributed by atoms with E-state index in [2.05, 4.69) is 18.0 Å². The number of hydrogen-bond acceptors (Lipinski definition) is 7. The Morgan fingerprint density at radius 1 is 1.09 bits per heavy atom. The van der Waals surface area contributed by atoms with Gasteiger partial charge >= 0.3 is 11.9 Å². The summed E-state index contributed by atoms with van der Waals surface area (Å²) in [5, 5.41) is 5.35. The summed E-state index contributed by atoms with van der Waals surface area (Å²) in [6.07, 6.45) is 4.84. The average molecular weight is 492 g/mol. The van der Waals surface area contributed by atoms with E-state index in [0.29, 0.717) is 29.7 Å². The molecule has 1 fully saturated rings. The van der Waals surface area contributed by atoms with Crippen molar-refractivity contribution in [3.8, 4) is 0 Å². The number of methoxy groups -OCH3 is 1. The molecule has 0 amide bonds. The molecule has 3 aliphatic rings. The maximum Gasteiger partial charge on any atom is 0.337 e. The van der Waals surface area contributed by atoms with E-state index < -0.39 is 17.8 Å². The predicted molar refractivity (Wildman–Crippen MR) is 133 cm³/mol. The van der Waals surface area contributed by atoms with Crippen LogP contribution in [0.3, 0.4) is 0 Å². The smallest absolute Gasteiger partial charge is 0.337 e. The van der Waals surface area contributed by atoms with E-state index in [1.54, 1.807) is 35.6 Å². The first-order valence-electron chi connectivity index (χ1n) is 12.1. The molecular formula is C28H29NO5S. The third kappa shape index (κ3) is 4.57. The van der Waals surface area contributed by atoms with E-state index in [1.165, 1.54) is 12.0 Å². The number of nitrogens with one attached hydrogen (secondary N) is 1. The second kappa shape index (κ2) is 9.82. The number of esters is 2. The minimum absolute atomic E-state index is 0.0327. The Morgan fingerprint density at radius 3 is 2.49 bits per heavy atom. The summed E-state index contributed by atoms with van der Waals surface area (Å²) in [7, 11) is 1.34. The monoisotopic (exact) mass is 491 g/mol. The number of ether oxygens (including phenoxy) is 2. The number of benzene rings is 1. The summed E-state index contributed by atoms with van der Waals surface area (Å²) in [5.41, 5.74) is 3.20. The standard InChI is InChI=1S/C28H29NO5S/c1-16-24(28(32)34-20-6-3-4-7-20)25(17-9-11-18(12-10-17)27(31)33-2)26-21(29-16)14-19(15-22(26)30)23-8-5-13-35-23/h5,8-13,19-20,24-25,29H,1,3-4,6-7,14-15H2,2H3. The molecule has 2 heterocycles. The van der Waals surface area contributed by atoms with Crippen LogP contribution < -0.4 is 5.32 Å². The zero-order chi connectivity index (χ0) is 24.5. The topological polar surface area (TPSA) is 81.7 Å². The first-order chi connectivity index (χ1) is 17.0. The molecular weight excluding hydrogens is 462 g/mol. The fraction of sp³-hybridized carbons (Fsp3) is 0.393. The molecule has 3 unspecified atom stereocenters. The molecule has 1 aromatic carbocycles. The van der Waals surface area contributed by atoms with Crippen LogP contribution in [-0.2, 0) is 19.1 Å². The second-order valence-electron chi connectivity index (χ2n) is 9.50. The van der Waals surface area contributed by atoms with Crippen LogP contribution in [0.1, 0.15) is 71.2 Å². The zero-order valence-electron chi connectivity index (χ0n) is 19.8. The van der Waals surface area contributed by atoms with Crippen LogP contribution in [0.15, 0.2) is 65.3 Å². The summed E-state index contributed by atoms with van der Waals surface area (Å²) < 4.78 is 10.7. The van der Waals surface area contributed by atoms with E-state index in [9.17, 15) is 14.4 Å². The molecule has 0 radical (unpaired) electrons. The quantitative estimate of drug-likeness (QED) is 0.576. The first kappa shape index (κ1) is 23.5. The van der Waals surface area contributed by atoms with Crippen LogP contribution in [0.25, 0.3) is 0 Å². The Morgan fingerprint density at radius 2 is 1.83 bits per heavy atom. The number of Topliss-reactive ketones (excluding diaryl/α,β-unsaturated/α-hetero) is 1. The number of hydrogen-bond donors (Lipinski definition) is 1. The van der Waals surface area contributed by atoms with Gasteiger partial charge in [-0.1, -0.05) is 24.8 Å². The molecule has 1 N–H and O–H groups in total. The summed E-state index contributed by atoms with van der Waals surface area (Å²) in [6, 6.07) is 11.0. The SMILES string of the molecule is C=C1NC2=C(C(=O)CC(c3cccs3)C2)C(c2ccc(C(=O)OC)cc2)C1C(=O)OC1CCCC1. The highest BCUT2D eigenvalue weighted by molar-refractivity contribution is 7.10. The van der Waals surface area contributed by atoms with Crippen molar-refractivity contribution in [2.45, 2.75) is 56.5 Å². The van der Waals surface area contributed by atoms with E-state index in [0.717, 1.165) is 36.9 Å². The lowest BCUT2D eigenvalue weighted by molar-refractivity contribution is -0.153. The van der Waals surface area contributed by atoms with Crippen LogP contribution >= 0.6 is 11.3 Å². The van der Waals surface area contributed by atoms with Gasteiger partial charge in [0.15, 0.2) is 5.78 Å². The van der Waals surface area contributed by atoms with E-state index in [-0.39, 0.29) is 23.8 Å². The van der Waals surface area contributed by atoms with E-state index in [4.69, 9.17) is 9.47 Å². The second-order valence-corrected chi connectivity index (χ2v) is 10.5. The predicted octanol–water partition coefficient (Wildman–Crippen LogP) is 5.24. The van der Waals surface area contributed by atoms with E-state index >= 15 is 0 Å². The molecule has 7 heteroatoms. The molecule has 0 saturated heterocycles. The molecule has 3 atom stereocenters. The molecule has 5 rings (SSSR count). The number of ketones is 1. The Balaban J connectivity index is 1.54. The maximum absolute atomic E-state index is 13.6. The van der Waals surface area contributed by atoms with Gasteiger partial charge < -0.3 is 14.8 Å². The van der Waals surface area contributed by atoms with Crippen molar-refractivity contribution < 1.29 is 23.9 Å². The van der Waals surface area contributed by atoms with Crippen LogP contribution in [0.4, 0.5) is 0 Å². The van der Waals surface area contributed by atoms with Gasteiger partial charge in [-0.15, -0.1) is 11.3 Å². The van der Waals surface area contributed by atoms with Crippen molar-refractivity contribution >= 4 is 29.1 Å². The Bertz CT molecular complexity index is 1170. The minimum Gasteiger partial charge on any atom is -0.465 e. The molecule has 1 saturated carbocycles. The van der Waals surface area contributed by atoms with Gasteiger partial charge in [0.1, 0.15) is 12.0 Å². The highest BCUT2D eigenvalue weighted by Gasteiger charge is 2.46. The highest BCUT2D eigenvalue weighted by Crippen LogP contribution is 2.48. The van der Waals surface area contributed by atoms with Gasteiger partial charge in [-0.3, -0.25) is 9.59 Å². The molecule has 0 bridgehead atoms. The summed E-state index contributed by atoms with van der Waals surface area (Å²) in [4.78, 5) is 40.2. The number of allylic oxidation sites excluding steroid dienone is 2. The summed E-state index contributed by atoms with van der Waals surface area (Å²) in [5.74, 6) is -1.89. The van der Waals surface area contributed by atoms with E-state index in [1.807, 2.05) is 11.4 Å². The largest absolute Gasteiger partial charge is 0.465 e. The van der Waals surface area contributed by atoms with Gasteiger partial charge in [0.05, 0.1) is 12.7 Å².